The van der Waals surface area contributed by atoms with Crippen LogP contribution >= 0.6 is 0 Å². The first-order chi connectivity index (χ1) is 14.3. The summed E-state index contributed by atoms with van der Waals surface area (Å²) in [5, 5.41) is 27.6. The molecule has 0 bridgehead atoms. The van der Waals surface area contributed by atoms with E-state index in [2.05, 4.69) is 30.8 Å². The molecule has 3 rings (SSSR count). The Morgan fingerprint density at radius 1 is 1.13 bits per heavy atom. The number of aromatic nitrogens is 3. The molecular weight excluding hydrogens is 393 g/mol. The minimum absolute atomic E-state index is 0.00730. The fourth-order valence-corrected chi connectivity index (χ4v) is 2.34. The number of hydrogen-bond acceptors (Lipinski definition) is 9. The summed E-state index contributed by atoms with van der Waals surface area (Å²) in [6.07, 6.45) is 1.22. The Balaban J connectivity index is 1.82. The van der Waals surface area contributed by atoms with Crippen molar-refractivity contribution in [3.63, 3.8) is 0 Å². The zero-order valence-electron chi connectivity index (χ0n) is 16.1. The smallest absolute Gasteiger partial charge is 0.270 e. The quantitative estimate of drug-likeness (QED) is 0.302. The summed E-state index contributed by atoms with van der Waals surface area (Å²) < 4.78 is 13.1. The van der Waals surface area contributed by atoms with Crippen molar-refractivity contribution in [3.8, 4) is 5.75 Å². The van der Waals surface area contributed by atoms with Gasteiger partial charge in [-0.25, -0.2) is 9.82 Å². The van der Waals surface area contributed by atoms with Gasteiger partial charge in [-0.15, -0.1) is 0 Å². The number of phenols is 1. The summed E-state index contributed by atoms with van der Waals surface area (Å²) in [5.74, 6) is 0.316. The van der Waals surface area contributed by atoms with E-state index in [9.17, 15) is 19.6 Å². The van der Waals surface area contributed by atoms with Crippen LogP contribution in [-0.2, 0) is 0 Å². The molecule has 0 atom stereocenters. The van der Waals surface area contributed by atoms with Crippen LogP contribution in [0.25, 0.3) is 0 Å². The van der Waals surface area contributed by atoms with Gasteiger partial charge in [0.05, 0.1) is 11.1 Å². The summed E-state index contributed by atoms with van der Waals surface area (Å²) in [5.41, 5.74) is 3.19. The lowest BCUT2D eigenvalue weighted by atomic mass is 10.2. The molecule has 30 heavy (non-hydrogen) atoms. The van der Waals surface area contributed by atoms with Crippen LogP contribution in [0.5, 0.6) is 5.75 Å². The van der Waals surface area contributed by atoms with Gasteiger partial charge in [-0.1, -0.05) is 13.8 Å². The second kappa shape index (κ2) is 8.90. The van der Waals surface area contributed by atoms with E-state index < -0.39 is 4.92 Å². The van der Waals surface area contributed by atoms with Crippen molar-refractivity contribution in [2.75, 3.05) is 10.7 Å². The number of anilines is 3. The fraction of sp³-hybridized carbons (Fsp3) is 0.158. The molecule has 0 saturated heterocycles. The summed E-state index contributed by atoms with van der Waals surface area (Å²) >= 11 is 0. The lowest BCUT2D eigenvalue weighted by Crippen LogP contribution is -2.08. The van der Waals surface area contributed by atoms with Crippen molar-refractivity contribution in [3.05, 3.63) is 69.8 Å². The van der Waals surface area contributed by atoms with E-state index in [1.165, 1.54) is 36.5 Å². The van der Waals surface area contributed by atoms with Gasteiger partial charge in [-0.05, 0) is 30.3 Å². The number of aromatic hydroxyl groups is 1. The van der Waals surface area contributed by atoms with Gasteiger partial charge in [0.1, 0.15) is 17.4 Å². The van der Waals surface area contributed by atoms with Gasteiger partial charge in [0.15, 0.2) is 0 Å². The topological polar surface area (TPSA) is 138 Å². The van der Waals surface area contributed by atoms with Crippen LogP contribution in [0.2, 0.25) is 0 Å². The number of nitro benzene ring substituents is 1. The van der Waals surface area contributed by atoms with Gasteiger partial charge in [0.25, 0.3) is 5.69 Å². The molecule has 2 aromatic carbocycles. The maximum atomic E-state index is 13.1. The van der Waals surface area contributed by atoms with Crippen LogP contribution in [0.1, 0.15) is 31.2 Å². The molecule has 1 heterocycles. The first kappa shape index (κ1) is 20.6. The fourth-order valence-electron chi connectivity index (χ4n) is 2.34. The number of phenolic OH excluding ortho intramolecular Hbond substituents is 1. The molecule has 0 spiro atoms. The molecule has 0 fully saturated rings. The normalized spacial score (nSPS) is 11.1. The van der Waals surface area contributed by atoms with E-state index >= 15 is 0 Å². The Morgan fingerprint density at radius 3 is 2.50 bits per heavy atom. The molecule has 0 saturated carbocycles. The monoisotopic (exact) mass is 411 g/mol. The number of nitro groups is 1. The maximum Gasteiger partial charge on any atom is 0.270 e. The Kier molecular flexibility index (Phi) is 6.11. The third-order valence-corrected chi connectivity index (χ3v) is 3.86. The highest BCUT2D eigenvalue weighted by Crippen LogP contribution is 2.22. The van der Waals surface area contributed by atoms with E-state index in [1.54, 1.807) is 12.1 Å². The number of non-ortho nitro benzene ring substituents is 1. The van der Waals surface area contributed by atoms with Crippen molar-refractivity contribution >= 4 is 29.5 Å². The number of nitrogens with one attached hydrogen (secondary N) is 2. The second-order valence-corrected chi connectivity index (χ2v) is 6.50. The number of hydrogen-bond donors (Lipinski definition) is 3. The van der Waals surface area contributed by atoms with E-state index in [-0.39, 0.29) is 40.6 Å². The number of nitrogens with zero attached hydrogens (tertiary/aromatic N) is 5. The highest BCUT2D eigenvalue weighted by Gasteiger charge is 2.11. The minimum Gasteiger partial charge on any atom is -0.507 e. The average molecular weight is 411 g/mol. The predicted octanol–water partition coefficient (Wildman–Crippen LogP) is 3.94. The molecule has 154 valence electrons. The van der Waals surface area contributed by atoms with Gasteiger partial charge in [-0.2, -0.15) is 20.1 Å². The number of hydrazone groups is 1. The molecule has 3 aromatic rings. The lowest BCUT2D eigenvalue weighted by Gasteiger charge is -2.10. The molecule has 1 aromatic heterocycles. The van der Waals surface area contributed by atoms with Gasteiger partial charge in [-0.3, -0.25) is 10.1 Å². The van der Waals surface area contributed by atoms with E-state index in [0.29, 0.717) is 11.5 Å². The molecule has 0 amide bonds. The van der Waals surface area contributed by atoms with E-state index in [0.717, 1.165) is 0 Å². The first-order valence-electron chi connectivity index (χ1n) is 8.87. The number of rotatable bonds is 7. The van der Waals surface area contributed by atoms with Crippen molar-refractivity contribution in [2.45, 2.75) is 19.8 Å². The molecule has 0 radical (unpaired) electrons. The zero-order valence-corrected chi connectivity index (χ0v) is 16.1. The van der Waals surface area contributed by atoms with Crippen LogP contribution in [-0.4, -0.2) is 31.2 Å². The SMILES string of the molecule is CC(C)c1nc(N/N=C/c2cc([N+](=O)[O-])ccc2O)nc(Nc2ccc(F)cc2)n1. The summed E-state index contributed by atoms with van der Waals surface area (Å²) in [7, 11) is 0. The van der Waals surface area contributed by atoms with Gasteiger partial charge >= 0.3 is 0 Å². The summed E-state index contributed by atoms with van der Waals surface area (Å²) in [4.78, 5) is 23.1. The largest absolute Gasteiger partial charge is 0.507 e. The molecule has 0 aliphatic heterocycles. The maximum absolute atomic E-state index is 13.1. The average Bonchev–Trinajstić information content (AvgIpc) is 2.71. The molecule has 10 nitrogen and oxygen atoms in total. The second-order valence-electron chi connectivity index (χ2n) is 6.50. The van der Waals surface area contributed by atoms with Gasteiger partial charge in [0, 0.05) is 29.3 Å². The predicted molar refractivity (Wildman–Crippen MR) is 110 cm³/mol. The summed E-state index contributed by atoms with van der Waals surface area (Å²) in [6, 6.07) is 9.30. The standard InChI is InChI=1S/C19H18FN7O3/c1-11(2)17-23-18(22-14-5-3-13(20)4-6-14)25-19(24-17)26-21-10-12-9-15(27(29)30)7-8-16(12)28/h3-11,28H,1-2H3,(H2,22,23,24,25,26)/b21-10+. The van der Waals surface area contributed by atoms with Gasteiger partial charge in [0.2, 0.25) is 11.9 Å². The van der Waals surface area contributed by atoms with E-state index in [1.807, 2.05) is 13.8 Å². The number of benzene rings is 2. The first-order valence-corrected chi connectivity index (χ1v) is 8.87. The Labute approximate surface area is 170 Å². The third-order valence-electron chi connectivity index (χ3n) is 3.86. The van der Waals surface area contributed by atoms with Crippen molar-refractivity contribution in [1.29, 1.82) is 0 Å². The van der Waals surface area contributed by atoms with Crippen LogP contribution in [0.15, 0.2) is 47.6 Å². The molecule has 0 unspecified atom stereocenters. The molecule has 11 heteroatoms. The molecule has 0 aliphatic rings. The zero-order chi connectivity index (χ0) is 21.7. The Morgan fingerprint density at radius 2 is 1.83 bits per heavy atom. The van der Waals surface area contributed by atoms with Crippen molar-refractivity contribution < 1.29 is 14.4 Å². The highest BCUT2D eigenvalue weighted by atomic mass is 19.1. The molecule has 3 N–H and O–H groups in total. The van der Waals surface area contributed by atoms with Crippen LogP contribution < -0.4 is 10.7 Å². The molecular formula is C19H18FN7O3. The Bertz CT molecular complexity index is 1090. The van der Waals surface area contributed by atoms with Crippen molar-refractivity contribution in [1.82, 2.24) is 15.0 Å². The Hall–Kier alpha value is -4.15. The third kappa shape index (κ3) is 5.22. The minimum atomic E-state index is -0.571. The van der Waals surface area contributed by atoms with Gasteiger partial charge < -0.3 is 10.4 Å². The lowest BCUT2D eigenvalue weighted by molar-refractivity contribution is -0.384. The number of halogens is 1. The van der Waals surface area contributed by atoms with Crippen LogP contribution in [0.4, 0.5) is 27.7 Å². The van der Waals surface area contributed by atoms with Crippen LogP contribution in [0, 0.1) is 15.9 Å². The van der Waals surface area contributed by atoms with E-state index in [4.69, 9.17) is 0 Å². The van der Waals surface area contributed by atoms with Crippen molar-refractivity contribution in [2.24, 2.45) is 5.10 Å². The molecule has 0 aliphatic carbocycles. The summed E-state index contributed by atoms with van der Waals surface area (Å²) in [6.45, 7) is 3.82. The highest BCUT2D eigenvalue weighted by molar-refractivity contribution is 5.84. The van der Waals surface area contributed by atoms with Crippen LogP contribution in [0.3, 0.4) is 0 Å².